The molecule has 0 amide bonds. The molecule has 8 heteroatoms. The van der Waals surface area contributed by atoms with Crippen LogP contribution in [0.3, 0.4) is 0 Å². The summed E-state index contributed by atoms with van der Waals surface area (Å²) in [6.07, 6.45) is -4.61. The number of benzene rings is 2. The number of alkyl halides is 3. The Morgan fingerprint density at radius 1 is 1.08 bits per heavy atom. The van der Waals surface area contributed by atoms with Crippen LogP contribution in [0.25, 0.3) is 0 Å². The van der Waals surface area contributed by atoms with Crippen molar-refractivity contribution in [1.29, 1.82) is 0 Å². The van der Waals surface area contributed by atoms with Crippen LogP contribution in [-0.2, 0) is 16.2 Å². The van der Waals surface area contributed by atoms with E-state index in [2.05, 4.69) is 0 Å². The molecule has 2 aromatic carbocycles. The average molecular weight is 384 g/mol. The van der Waals surface area contributed by atoms with Crippen LogP contribution in [0.2, 0.25) is 0 Å². The molecule has 0 unspecified atom stereocenters. The van der Waals surface area contributed by atoms with Gasteiger partial charge in [-0.1, -0.05) is 36.4 Å². The molecule has 3 rings (SSSR count). The molecule has 0 radical (unpaired) electrons. The Morgan fingerprint density at radius 3 is 2.35 bits per heavy atom. The van der Waals surface area contributed by atoms with Gasteiger partial charge in [-0.3, -0.25) is 0 Å². The summed E-state index contributed by atoms with van der Waals surface area (Å²) in [6, 6.07) is 11.9. The van der Waals surface area contributed by atoms with Crippen molar-refractivity contribution >= 4 is 10.0 Å². The molecule has 1 aliphatic heterocycles. The van der Waals surface area contributed by atoms with E-state index >= 15 is 0 Å². The highest BCUT2D eigenvalue weighted by atomic mass is 32.2. The van der Waals surface area contributed by atoms with Gasteiger partial charge in [0.15, 0.2) is 0 Å². The van der Waals surface area contributed by atoms with E-state index in [4.69, 9.17) is 5.73 Å². The predicted octanol–water partition coefficient (Wildman–Crippen LogP) is 3.13. The zero-order valence-electron chi connectivity index (χ0n) is 14.1. The van der Waals surface area contributed by atoms with E-state index in [9.17, 15) is 21.6 Å². The van der Waals surface area contributed by atoms with Gasteiger partial charge >= 0.3 is 6.18 Å². The zero-order valence-corrected chi connectivity index (χ0v) is 14.9. The molecule has 1 aliphatic rings. The third-order valence-corrected chi connectivity index (χ3v) is 6.54. The smallest absolute Gasteiger partial charge is 0.326 e. The lowest BCUT2D eigenvalue weighted by Gasteiger charge is -2.18. The van der Waals surface area contributed by atoms with Crippen LogP contribution in [0.1, 0.15) is 22.6 Å². The lowest BCUT2D eigenvalue weighted by atomic mass is 9.95. The number of hydrogen-bond donors (Lipinski definition) is 1. The summed E-state index contributed by atoms with van der Waals surface area (Å²) in [5.41, 5.74) is 6.07. The Labute approximate surface area is 150 Å². The maximum Gasteiger partial charge on any atom is 0.416 e. The highest BCUT2D eigenvalue weighted by Crippen LogP contribution is 2.35. The van der Waals surface area contributed by atoms with Crippen molar-refractivity contribution in [1.82, 2.24) is 4.31 Å². The summed E-state index contributed by atoms with van der Waals surface area (Å²) in [7, 11) is -4.06. The highest BCUT2D eigenvalue weighted by molar-refractivity contribution is 7.89. The van der Waals surface area contributed by atoms with Gasteiger partial charge in [-0.2, -0.15) is 17.5 Å². The molecule has 1 heterocycles. The number of halogens is 3. The standard InChI is InChI=1S/C18H19F3N2O2S/c1-12-7-8-14(9-16(12)18(19,20)21)26(24,25)23-10-15(17(22)11-23)13-5-3-2-4-6-13/h2-9,15,17H,10-11,22H2,1H3/t15-,17+/m0/s1. The fraction of sp³-hybridized carbons (Fsp3) is 0.333. The van der Waals surface area contributed by atoms with Gasteiger partial charge in [-0.05, 0) is 30.2 Å². The van der Waals surface area contributed by atoms with Crippen molar-refractivity contribution in [2.45, 2.75) is 30.0 Å². The molecule has 2 aromatic rings. The SMILES string of the molecule is Cc1ccc(S(=O)(=O)N2C[C@@H](N)[C@H](c3ccccc3)C2)cc1C(F)(F)F. The molecule has 2 atom stereocenters. The number of nitrogens with zero attached hydrogens (tertiary/aromatic N) is 1. The molecule has 0 aliphatic carbocycles. The van der Waals surface area contributed by atoms with Crippen LogP contribution in [0.15, 0.2) is 53.4 Å². The molecule has 0 bridgehead atoms. The van der Waals surface area contributed by atoms with Crippen LogP contribution >= 0.6 is 0 Å². The topological polar surface area (TPSA) is 63.4 Å². The lowest BCUT2D eigenvalue weighted by molar-refractivity contribution is -0.138. The Kier molecular flexibility index (Phi) is 4.85. The van der Waals surface area contributed by atoms with Crippen molar-refractivity contribution < 1.29 is 21.6 Å². The molecule has 0 aromatic heterocycles. The summed E-state index contributed by atoms with van der Waals surface area (Å²) >= 11 is 0. The Morgan fingerprint density at radius 2 is 1.73 bits per heavy atom. The minimum absolute atomic E-state index is 0.0169. The highest BCUT2D eigenvalue weighted by Gasteiger charge is 2.40. The molecule has 0 spiro atoms. The molecule has 2 N–H and O–H groups in total. The second-order valence-corrected chi connectivity index (χ2v) is 8.42. The van der Waals surface area contributed by atoms with Crippen molar-refractivity contribution in [3.63, 3.8) is 0 Å². The quantitative estimate of drug-likeness (QED) is 0.884. The van der Waals surface area contributed by atoms with Gasteiger partial charge in [-0.15, -0.1) is 0 Å². The van der Waals surface area contributed by atoms with E-state index in [1.54, 1.807) is 0 Å². The second-order valence-electron chi connectivity index (χ2n) is 6.48. The molecule has 0 saturated carbocycles. The number of sulfonamides is 1. The van der Waals surface area contributed by atoms with Gasteiger partial charge in [0.2, 0.25) is 10.0 Å². The minimum Gasteiger partial charge on any atom is -0.326 e. The van der Waals surface area contributed by atoms with Crippen LogP contribution in [0.4, 0.5) is 13.2 Å². The van der Waals surface area contributed by atoms with Crippen molar-refractivity contribution in [2.24, 2.45) is 5.73 Å². The van der Waals surface area contributed by atoms with Crippen molar-refractivity contribution in [3.8, 4) is 0 Å². The zero-order chi connectivity index (χ0) is 19.1. The van der Waals surface area contributed by atoms with E-state index in [1.807, 2.05) is 30.3 Å². The largest absolute Gasteiger partial charge is 0.416 e. The summed E-state index contributed by atoms with van der Waals surface area (Å²) in [5.74, 6) is -0.196. The first-order valence-corrected chi connectivity index (χ1v) is 9.53. The first-order chi connectivity index (χ1) is 12.1. The number of aryl methyl sites for hydroxylation is 1. The third kappa shape index (κ3) is 3.49. The van der Waals surface area contributed by atoms with E-state index in [0.29, 0.717) is 6.07 Å². The fourth-order valence-corrected chi connectivity index (χ4v) is 4.79. The lowest BCUT2D eigenvalue weighted by Crippen LogP contribution is -2.32. The van der Waals surface area contributed by atoms with E-state index < -0.39 is 27.8 Å². The number of hydrogen-bond acceptors (Lipinski definition) is 3. The van der Waals surface area contributed by atoms with Crippen LogP contribution in [0.5, 0.6) is 0 Å². The van der Waals surface area contributed by atoms with E-state index in [1.165, 1.54) is 23.4 Å². The van der Waals surface area contributed by atoms with Crippen LogP contribution in [-0.4, -0.2) is 31.9 Å². The van der Waals surface area contributed by atoms with Gasteiger partial charge in [0, 0.05) is 25.0 Å². The molecule has 4 nitrogen and oxygen atoms in total. The Bertz CT molecular complexity index is 898. The summed E-state index contributed by atoms with van der Waals surface area (Å²) in [5, 5.41) is 0. The molecule has 1 saturated heterocycles. The van der Waals surface area contributed by atoms with Gasteiger partial charge in [0.05, 0.1) is 10.5 Å². The molecular weight excluding hydrogens is 365 g/mol. The first kappa shape index (κ1) is 18.9. The van der Waals surface area contributed by atoms with Gasteiger partial charge in [-0.25, -0.2) is 8.42 Å². The molecule has 140 valence electrons. The predicted molar refractivity (Wildman–Crippen MR) is 92.1 cm³/mol. The van der Waals surface area contributed by atoms with Gasteiger partial charge < -0.3 is 5.73 Å². The Balaban J connectivity index is 1.92. The minimum atomic E-state index is -4.61. The van der Waals surface area contributed by atoms with Gasteiger partial charge in [0.1, 0.15) is 0 Å². The van der Waals surface area contributed by atoms with Gasteiger partial charge in [0.25, 0.3) is 0 Å². The van der Waals surface area contributed by atoms with Crippen LogP contribution < -0.4 is 5.73 Å². The summed E-state index contributed by atoms with van der Waals surface area (Å²) in [4.78, 5) is -0.365. The molecule has 26 heavy (non-hydrogen) atoms. The monoisotopic (exact) mass is 384 g/mol. The molecule has 1 fully saturated rings. The second kappa shape index (κ2) is 6.68. The van der Waals surface area contributed by atoms with E-state index in [0.717, 1.165) is 5.56 Å². The first-order valence-electron chi connectivity index (χ1n) is 8.09. The maximum absolute atomic E-state index is 13.1. The van der Waals surface area contributed by atoms with Crippen LogP contribution in [0, 0.1) is 6.92 Å². The summed E-state index contributed by atoms with van der Waals surface area (Å²) < 4.78 is 66.2. The van der Waals surface area contributed by atoms with Crippen molar-refractivity contribution in [3.05, 3.63) is 65.2 Å². The summed E-state index contributed by atoms with van der Waals surface area (Å²) in [6.45, 7) is 1.51. The molecular formula is C18H19F3N2O2S. The number of rotatable bonds is 3. The fourth-order valence-electron chi connectivity index (χ4n) is 3.26. The normalized spacial score (nSPS) is 21.9. The third-order valence-electron chi connectivity index (χ3n) is 4.71. The Hall–Kier alpha value is -1.90. The van der Waals surface area contributed by atoms with E-state index in [-0.39, 0.29) is 29.5 Å². The maximum atomic E-state index is 13.1. The number of nitrogens with two attached hydrogens (primary N) is 1. The van der Waals surface area contributed by atoms with Crippen molar-refractivity contribution in [2.75, 3.05) is 13.1 Å². The average Bonchev–Trinajstić information content (AvgIpc) is 2.97.